The minimum atomic E-state index is -0.0838. The molecule has 55 heavy (non-hydrogen) atoms. The van der Waals surface area contributed by atoms with Gasteiger partial charge in [-0.15, -0.1) is 0 Å². The number of fused-ring (bicyclic) bond motifs is 6. The highest BCUT2D eigenvalue weighted by Gasteiger charge is 2.63. The number of benzene rings is 7. The van der Waals surface area contributed by atoms with Gasteiger partial charge in [0.25, 0.3) is 0 Å². The molecule has 4 atom stereocenters. The molecule has 266 valence electrons. The molecule has 1 spiro atoms. The quantitative estimate of drug-likeness (QED) is 0.189. The van der Waals surface area contributed by atoms with E-state index in [0.717, 1.165) is 17.8 Å². The molecule has 1 saturated carbocycles. The van der Waals surface area contributed by atoms with E-state index in [2.05, 4.69) is 201 Å². The number of aliphatic imine (C=N–C) groups is 1. The number of nitrogens with one attached hydrogen (secondary N) is 1. The fourth-order valence-corrected chi connectivity index (χ4v) is 10.3. The summed E-state index contributed by atoms with van der Waals surface area (Å²) in [7, 11) is 0. The Labute approximate surface area is 323 Å². The Hall–Kier alpha value is -6.19. The van der Waals surface area contributed by atoms with Crippen molar-refractivity contribution in [3.63, 3.8) is 0 Å². The molecule has 7 aromatic carbocycles. The van der Waals surface area contributed by atoms with Gasteiger partial charge < -0.3 is 9.88 Å². The molecule has 3 nitrogen and oxygen atoms in total. The predicted octanol–water partition coefficient (Wildman–Crippen LogP) is 12.6. The monoisotopic (exact) mass is 709 g/mol. The Kier molecular flexibility index (Phi) is 6.98. The molecule has 1 N–H and O–H groups in total. The maximum absolute atomic E-state index is 5.64. The summed E-state index contributed by atoms with van der Waals surface area (Å²) in [5.74, 6) is 1.49. The fraction of sp³-hybridized carbons (Fsp3) is 0.173. The lowest BCUT2D eigenvalue weighted by Crippen LogP contribution is -2.43. The topological polar surface area (TPSA) is 29.3 Å². The Morgan fingerprint density at radius 2 is 1.22 bits per heavy atom. The third-order valence-corrected chi connectivity index (χ3v) is 13.2. The lowest BCUT2D eigenvalue weighted by Gasteiger charge is -2.40. The van der Waals surface area contributed by atoms with E-state index in [4.69, 9.17) is 4.99 Å². The van der Waals surface area contributed by atoms with Crippen molar-refractivity contribution in [1.29, 1.82) is 0 Å². The van der Waals surface area contributed by atoms with Crippen LogP contribution in [-0.2, 0) is 5.41 Å². The summed E-state index contributed by atoms with van der Waals surface area (Å²) in [5.41, 5.74) is 15.2. The van der Waals surface area contributed by atoms with Crippen LogP contribution in [0.1, 0.15) is 67.1 Å². The predicted molar refractivity (Wildman–Crippen MR) is 228 cm³/mol. The zero-order valence-corrected chi connectivity index (χ0v) is 31.5. The van der Waals surface area contributed by atoms with Crippen molar-refractivity contribution >= 4 is 27.6 Å². The second-order valence-corrected chi connectivity index (χ2v) is 16.6. The lowest BCUT2D eigenvalue weighted by molar-refractivity contribution is 0.270. The summed E-state index contributed by atoms with van der Waals surface area (Å²) in [4.78, 5) is 5.64. The molecular formula is C52H43N3. The first-order valence-electron chi connectivity index (χ1n) is 19.7. The van der Waals surface area contributed by atoms with Crippen LogP contribution in [0.4, 0.5) is 0 Å². The van der Waals surface area contributed by atoms with E-state index < -0.39 is 0 Å². The zero-order chi connectivity index (χ0) is 36.9. The molecule has 2 heterocycles. The van der Waals surface area contributed by atoms with Crippen LogP contribution < -0.4 is 5.32 Å². The molecule has 0 saturated heterocycles. The van der Waals surface area contributed by atoms with Gasteiger partial charge in [0.05, 0.1) is 23.1 Å². The molecule has 0 bridgehead atoms. The van der Waals surface area contributed by atoms with Crippen molar-refractivity contribution < 1.29 is 0 Å². The number of aromatic nitrogens is 1. The summed E-state index contributed by atoms with van der Waals surface area (Å²) in [5, 5.41) is 6.53. The molecule has 3 aliphatic rings. The highest BCUT2D eigenvalue weighted by molar-refractivity contribution is 6.12. The van der Waals surface area contributed by atoms with Crippen LogP contribution in [-0.4, -0.2) is 10.4 Å². The SMILES string of the molecule is CC1CC12C(c1cccc(-n3c4ccc(-c5ccccc5)cc4c4cc5c(cc43)-c3ccccc3C5(C)C)c1)N=C(c1ccccc1)NC2c1ccccc1. The summed E-state index contributed by atoms with van der Waals surface area (Å²) in [6.45, 7) is 7.17. The highest BCUT2D eigenvalue weighted by Crippen LogP contribution is 2.69. The number of nitrogens with zero attached hydrogens (tertiary/aromatic N) is 2. The largest absolute Gasteiger partial charge is 0.362 e. The second-order valence-electron chi connectivity index (χ2n) is 16.6. The number of amidine groups is 1. The molecule has 2 aliphatic carbocycles. The minimum absolute atomic E-state index is 0.00110. The molecule has 1 aliphatic heterocycles. The van der Waals surface area contributed by atoms with E-state index in [1.807, 2.05) is 0 Å². The van der Waals surface area contributed by atoms with Crippen LogP contribution >= 0.6 is 0 Å². The van der Waals surface area contributed by atoms with E-state index in [-0.39, 0.29) is 22.9 Å². The smallest absolute Gasteiger partial charge is 0.129 e. The van der Waals surface area contributed by atoms with Gasteiger partial charge in [-0.05, 0) is 93.2 Å². The van der Waals surface area contributed by atoms with E-state index >= 15 is 0 Å². The minimum Gasteiger partial charge on any atom is -0.362 e. The summed E-state index contributed by atoms with van der Waals surface area (Å²) in [6, 6.07) is 62.9. The molecule has 0 radical (unpaired) electrons. The maximum Gasteiger partial charge on any atom is 0.129 e. The molecule has 1 fully saturated rings. The first-order chi connectivity index (χ1) is 26.9. The van der Waals surface area contributed by atoms with Crippen molar-refractivity contribution in [2.75, 3.05) is 0 Å². The standard InChI is InChI=1S/C52H43N3/c1-33-32-52(33)48(35-18-9-5-10-19-35)53-50(36-20-11-6-12-21-36)54-49(52)38-22-15-23-39(28-38)55-46-27-26-37(34-16-7-4-8-17-34)29-42(46)43-30-45-41(31-47(43)55)40-24-13-14-25-44(40)51(45,2)3/h4-31,33,48-49H,32H2,1-3H3,(H,53,54). The van der Waals surface area contributed by atoms with Crippen molar-refractivity contribution in [2.24, 2.45) is 16.3 Å². The van der Waals surface area contributed by atoms with Crippen LogP contribution in [0.5, 0.6) is 0 Å². The third-order valence-electron chi connectivity index (χ3n) is 13.2. The zero-order valence-electron chi connectivity index (χ0n) is 31.5. The Morgan fingerprint density at radius 1 is 0.564 bits per heavy atom. The lowest BCUT2D eigenvalue weighted by atomic mass is 9.77. The van der Waals surface area contributed by atoms with Crippen molar-refractivity contribution in [2.45, 2.75) is 44.7 Å². The summed E-state index contributed by atoms with van der Waals surface area (Å²) >= 11 is 0. The van der Waals surface area contributed by atoms with E-state index in [9.17, 15) is 0 Å². The average Bonchev–Trinajstić information content (AvgIpc) is 3.69. The van der Waals surface area contributed by atoms with Gasteiger partial charge in [0.15, 0.2) is 0 Å². The molecule has 1 aromatic heterocycles. The van der Waals surface area contributed by atoms with Gasteiger partial charge >= 0.3 is 0 Å². The summed E-state index contributed by atoms with van der Waals surface area (Å²) in [6.07, 6.45) is 1.12. The Balaban J connectivity index is 1.14. The fourth-order valence-electron chi connectivity index (χ4n) is 10.3. The molecule has 4 unspecified atom stereocenters. The van der Waals surface area contributed by atoms with Gasteiger partial charge in [-0.3, -0.25) is 4.99 Å². The van der Waals surface area contributed by atoms with Gasteiger partial charge in [0.2, 0.25) is 0 Å². The van der Waals surface area contributed by atoms with Gasteiger partial charge in [0, 0.05) is 32.9 Å². The average molecular weight is 710 g/mol. The van der Waals surface area contributed by atoms with Crippen LogP contribution in [0.2, 0.25) is 0 Å². The van der Waals surface area contributed by atoms with E-state index in [1.165, 1.54) is 72.0 Å². The molecule has 3 heteroatoms. The normalized spacial score (nSPS) is 21.9. The maximum atomic E-state index is 5.64. The summed E-state index contributed by atoms with van der Waals surface area (Å²) < 4.78 is 2.51. The van der Waals surface area contributed by atoms with Gasteiger partial charge in [-0.2, -0.15) is 0 Å². The Bertz CT molecular complexity index is 2810. The number of hydrogen-bond donors (Lipinski definition) is 1. The first-order valence-corrected chi connectivity index (χ1v) is 19.7. The van der Waals surface area contributed by atoms with Crippen molar-refractivity contribution in [3.05, 3.63) is 198 Å². The number of rotatable bonds is 5. The second kappa shape index (κ2) is 11.9. The van der Waals surface area contributed by atoms with Gasteiger partial charge in [0.1, 0.15) is 5.84 Å². The van der Waals surface area contributed by atoms with Crippen LogP contribution in [0.25, 0.3) is 49.7 Å². The molecule has 0 amide bonds. The highest BCUT2D eigenvalue weighted by atomic mass is 15.1. The van der Waals surface area contributed by atoms with Crippen LogP contribution in [0.3, 0.4) is 0 Å². The van der Waals surface area contributed by atoms with E-state index in [1.54, 1.807) is 0 Å². The van der Waals surface area contributed by atoms with Crippen LogP contribution in [0, 0.1) is 11.3 Å². The van der Waals surface area contributed by atoms with E-state index in [0.29, 0.717) is 5.92 Å². The Morgan fingerprint density at radius 3 is 1.96 bits per heavy atom. The third kappa shape index (κ3) is 4.78. The van der Waals surface area contributed by atoms with Gasteiger partial charge in [-0.25, -0.2) is 0 Å². The molecular weight excluding hydrogens is 667 g/mol. The van der Waals surface area contributed by atoms with Crippen molar-refractivity contribution in [1.82, 2.24) is 9.88 Å². The molecule has 8 aromatic rings. The first kappa shape index (κ1) is 32.3. The van der Waals surface area contributed by atoms with Gasteiger partial charge in [-0.1, -0.05) is 154 Å². The molecule has 11 rings (SSSR count). The number of hydrogen-bond acceptors (Lipinski definition) is 2. The van der Waals surface area contributed by atoms with Crippen molar-refractivity contribution in [3.8, 4) is 27.9 Å². The van der Waals surface area contributed by atoms with Crippen LogP contribution in [0.15, 0.2) is 175 Å².